The van der Waals surface area contributed by atoms with Crippen LogP contribution in [0.25, 0.3) is 10.8 Å². The molecule has 0 atom stereocenters. The molecule has 4 nitrogen and oxygen atoms in total. The molecule has 0 bridgehead atoms. The molecular weight excluding hydrogens is 272 g/mol. The van der Waals surface area contributed by atoms with Gasteiger partial charge in [0.25, 0.3) is 0 Å². The normalized spacial score (nSPS) is 12.5. The molecule has 0 aliphatic carbocycles. The van der Waals surface area contributed by atoms with Gasteiger partial charge >= 0.3 is 0 Å². The van der Waals surface area contributed by atoms with Gasteiger partial charge in [-0.25, -0.2) is 0 Å². The topological polar surface area (TPSA) is 76.8 Å². The first kappa shape index (κ1) is 13.8. The molecule has 108 valence electrons. The van der Waals surface area contributed by atoms with Gasteiger partial charge in [-0.05, 0) is 10.8 Å². The van der Waals surface area contributed by atoms with Gasteiger partial charge in [-0.1, -0.05) is 72.8 Å². The van der Waals surface area contributed by atoms with Gasteiger partial charge in [-0.3, -0.25) is 0 Å². The lowest BCUT2D eigenvalue weighted by molar-refractivity contribution is 1.23. The molecule has 0 saturated carbocycles. The van der Waals surface area contributed by atoms with E-state index in [9.17, 15) is 0 Å². The van der Waals surface area contributed by atoms with E-state index in [2.05, 4.69) is 22.3 Å². The zero-order valence-electron chi connectivity index (χ0n) is 12.0. The van der Waals surface area contributed by atoms with Crippen molar-refractivity contribution < 1.29 is 0 Å². The Morgan fingerprint density at radius 1 is 0.636 bits per heavy atom. The second-order valence-corrected chi connectivity index (χ2v) is 4.85. The van der Waals surface area contributed by atoms with E-state index in [4.69, 9.17) is 11.7 Å². The highest BCUT2D eigenvalue weighted by atomic mass is 15.2. The second-order valence-electron chi connectivity index (χ2n) is 4.85. The standard InChI is InChI=1S/C18H16N4/c19-21-17(14-8-2-1-3-9-14)18(22-20)16-12-6-10-13-7-4-5-11-15(13)16/h1-12H,19-20H2/b21-17-,22-18?. The maximum absolute atomic E-state index is 5.66. The van der Waals surface area contributed by atoms with Gasteiger partial charge in [-0.15, -0.1) is 0 Å². The lowest BCUT2D eigenvalue weighted by Crippen LogP contribution is -2.21. The summed E-state index contributed by atoms with van der Waals surface area (Å²) in [5, 5.41) is 10.1. The molecule has 3 aromatic carbocycles. The average Bonchev–Trinajstić information content (AvgIpc) is 2.60. The fourth-order valence-electron chi connectivity index (χ4n) is 2.56. The third-order valence-corrected chi connectivity index (χ3v) is 3.57. The predicted octanol–water partition coefficient (Wildman–Crippen LogP) is 2.87. The van der Waals surface area contributed by atoms with Crippen LogP contribution in [0.4, 0.5) is 0 Å². The maximum atomic E-state index is 5.66. The van der Waals surface area contributed by atoms with Crippen LogP contribution in [0, 0.1) is 0 Å². The van der Waals surface area contributed by atoms with Gasteiger partial charge < -0.3 is 11.7 Å². The van der Waals surface area contributed by atoms with Crippen molar-refractivity contribution in [1.82, 2.24) is 0 Å². The second kappa shape index (κ2) is 6.10. The van der Waals surface area contributed by atoms with Crippen LogP contribution < -0.4 is 11.7 Å². The van der Waals surface area contributed by atoms with Gasteiger partial charge in [0.2, 0.25) is 0 Å². The fourth-order valence-corrected chi connectivity index (χ4v) is 2.56. The lowest BCUT2D eigenvalue weighted by Gasteiger charge is -2.11. The van der Waals surface area contributed by atoms with E-state index in [1.54, 1.807) is 0 Å². The van der Waals surface area contributed by atoms with Crippen molar-refractivity contribution in [2.45, 2.75) is 0 Å². The minimum Gasteiger partial charge on any atom is -0.323 e. The molecule has 0 aliphatic rings. The first-order chi connectivity index (χ1) is 10.8. The Kier molecular flexibility index (Phi) is 3.83. The highest BCUT2D eigenvalue weighted by Gasteiger charge is 2.16. The molecular formula is C18H16N4. The largest absolute Gasteiger partial charge is 0.323 e. The van der Waals surface area contributed by atoms with Crippen molar-refractivity contribution in [2.24, 2.45) is 21.9 Å². The number of hydrogen-bond acceptors (Lipinski definition) is 4. The summed E-state index contributed by atoms with van der Waals surface area (Å²) in [4.78, 5) is 0. The Bertz CT molecular complexity index is 846. The van der Waals surface area contributed by atoms with Gasteiger partial charge in [0.15, 0.2) is 0 Å². The quantitative estimate of drug-likeness (QED) is 0.441. The molecule has 0 saturated heterocycles. The molecule has 22 heavy (non-hydrogen) atoms. The van der Waals surface area contributed by atoms with E-state index in [1.807, 2.05) is 60.7 Å². The predicted molar refractivity (Wildman–Crippen MR) is 91.8 cm³/mol. The number of nitrogens with two attached hydrogens (primary N) is 2. The molecule has 0 spiro atoms. The Balaban J connectivity index is 2.19. The number of nitrogens with zero attached hydrogens (tertiary/aromatic N) is 2. The zero-order chi connectivity index (χ0) is 15.4. The summed E-state index contributed by atoms with van der Waals surface area (Å²) in [5.74, 6) is 11.3. The van der Waals surface area contributed by atoms with Crippen LogP contribution in [-0.4, -0.2) is 11.4 Å². The fraction of sp³-hybridized carbons (Fsp3) is 0. The van der Waals surface area contributed by atoms with Crippen molar-refractivity contribution in [1.29, 1.82) is 0 Å². The van der Waals surface area contributed by atoms with E-state index in [-0.39, 0.29) is 0 Å². The summed E-state index contributed by atoms with van der Waals surface area (Å²) < 4.78 is 0. The third kappa shape index (κ3) is 2.42. The number of benzene rings is 3. The summed E-state index contributed by atoms with van der Waals surface area (Å²) in [7, 11) is 0. The molecule has 0 aromatic heterocycles. The van der Waals surface area contributed by atoms with Crippen LogP contribution in [0.1, 0.15) is 11.1 Å². The first-order valence-electron chi connectivity index (χ1n) is 6.95. The Hall–Kier alpha value is -3.14. The number of rotatable bonds is 3. The molecule has 0 amide bonds. The van der Waals surface area contributed by atoms with E-state index in [1.165, 1.54) is 0 Å². The lowest BCUT2D eigenvalue weighted by atomic mass is 9.95. The van der Waals surface area contributed by atoms with Crippen molar-refractivity contribution in [3.8, 4) is 0 Å². The molecule has 0 heterocycles. The van der Waals surface area contributed by atoms with E-state index >= 15 is 0 Å². The van der Waals surface area contributed by atoms with Crippen LogP contribution in [0.15, 0.2) is 83.0 Å². The monoisotopic (exact) mass is 288 g/mol. The number of hydrazone groups is 2. The van der Waals surface area contributed by atoms with Gasteiger partial charge in [0.05, 0.1) is 0 Å². The minimum absolute atomic E-state index is 0.569. The Morgan fingerprint density at radius 2 is 1.27 bits per heavy atom. The molecule has 3 rings (SSSR count). The van der Waals surface area contributed by atoms with E-state index in [0.717, 1.165) is 21.9 Å². The molecule has 4 N–H and O–H groups in total. The Labute approximate surface area is 128 Å². The SMILES string of the molecule is NN=C(/C(=N\N)c1ccccc1)c1cccc2ccccc12. The van der Waals surface area contributed by atoms with Crippen LogP contribution in [0.5, 0.6) is 0 Å². The van der Waals surface area contributed by atoms with Crippen molar-refractivity contribution >= 4 is 22.2 Å². The van der Waals surface area contributed by atoms with Crippen LogP contribution in [-0.2, 0) is 0 Å². The summed E-state index contributed by atoms with van der Waals surface area (Å²) in [5.41, 5.74) is 2.93. The molecule has 0 radical (unpaired) electrons. The molecule has 0 unspecified atom stereocenters. The van der Waals surface area contributed by atoms with Crippen molar-refractivity contribution in [3.63, 3.8) is 0 Å². The van der Waals surface area contributed by atoms with E-state index in [0.29, 0.717) is 11.4 Å². The molecule has 4 heteroatoms. The highest BCUT2D eigenvalue weighted by molar-refractivity contribution is 6.54. The van der Waals surface area contributed by atoms with Crippen LogP contribution >= 0.6 is 0 Å². The summed E-state index contributed by atoms with van der Waals surface area (Å²) in [6, 6.07) is 23.7. The van der Waals surface area contributed by atoms with Gasteiger partial charge in [0.1, 0.15) is 11.4 Å². The molecule has 3 aromatic rings. The molecule has 0 aliphatic heterocycles. The highest BCUT2D eigenvalue weighted by Crippen LogP contribution is 2.21. The third-order valence-electron chi connectivity index (χ3n) is 3.57. The molecule has 0 fully saturated rings. The maximum Gasteiger partial charge on any atom is 0.119 e. The minimum atomic E-state index is 0.569. The summed E-state index contributed by atoms with van der Waals surface area (Å²) in [6.07, 6.45) is 0. The van der Waals surface area contributed by atoms with Crippen molar-refractivity contribution in [2.75, 3.05) is 0 Å². The summed E-state index contributed by atoms with van der Waals surface area (Å²) >= 11 is 0. The number of fused-ring (bicyclic) bond motifs is 1. The Morgan fingerprint density at radius 3 is 2.00 bits per heavy atom. The van der Waals surface area contributed by atoms with Gasteiger partial charge in [0, 0.05) is 11.1 Å². The summed E-state index contributed by atoms with van der Waals surface area (Å²) in [6.45, 7) is 0. The first-order valence-corrected chi connectivity index (χ1v) is 6.95. The van der Waals surface area contributed by atoms with E-state index < -0.39 is 0 Å². The smallest absolute Gasteiger partial charge is 0.119 e. The van der Waals surface area contributed by atoms with Crippen molar-refractivity contribution in [3.05, 3.63) is 83.9 Å². The zero-order valence-corrected chi connectivity index (χ0v) is 12.0. The van der Waals surface area contributed by atoms with Crippen LogP contribution in [0.2, 0.25) is 0 Å². The number of hydrogen-bond donors (Lipinski definition) is 2. The van der Waals surface area contributed by atoms with Crippen LogP contribution in [0.3, 0.4) is 0 Å². The average molecular weight is 288 g/mol. The van der Waals surface area contributed by atoms with Gasteiger partial charge in [-0.2, -0.15) is 10.2 Å².